The third-order valence-corrected chi connectivity index (χ3v) is 5.36. The van der Waals surface area contributed by atoms with Gasteiger partial charge >= 0.3 is 0 Å². The molecule has 0 spiro atoms. The molecule has 0 atom stereocenters. The van der Waals surface area contributed by atoms with Gasteiger partial charge in [0.05, 0.1) is 17.6 Å². The maximum Gasteiger partial charge on any atom is 0.233 e. The Balaban J connectivity index is 1.32. The van der Waals surface area contributed by atoms with Crippen LogP contribution in [-0.4, -0.2) is 46.8 Å². The fourth-order valence-corrected chi connectivity index (χ4v) is 3.73. The average molecular weight is 413 g/mol. The fraction of sp³-hybridized carbons (Fsp3) is 0.238. The average Bonchev–Trinajstić information content (AvgIpc) is 3.21. The van der Waals surface area contributed by atoms with E-state index >= 15 is 0 Å². The number of aromatic amines is 1. The summed E-state index contributed by atoms with van der Waals surface area (Å²) in [5.74, 6) is 1.42. The standard InChI is InChI=1S/C21H20FN3O3S/c1-25(12-14-2-7-18-19(10-14)28-9-8-27-18)20(26)13-29-21-23-11-17(24-21)15-3-5-16(22)6-4-15/h2-7,10-11H,8-9,12-13H2,1H3,(H,23,24). The summed E-state index contributed by atoms with van der Waals surface area (Å²) in [4.78, 5) is 21.6. The molecule has 1 aliphatic rings. The molecule has 1 amide bonds. The van der Waals surface area contributed by atoms with Gasteiger partial charge in [-0.15, -0.1) is 0 Å². The molecule has 2 aromatic carbocycles. The van der Waals surface area contributed by atoms with E-state index in [2.05, 4.69) is 9.97 Å². The molecule has 29 heavy (non-hydrogen) atoms. The summed E-state index contributed by atoms with van der Waals surface area (Å²) in [7, 11) is 1.77. The molecule has 1 N–H and O–H groups in total. The summed E-state index contributed by atoms with van der Waals surface area (Å²) in [5.41, 5.74) is 2.60. The van der Waals surface area contributed by atoms with Gasteiger partial charge in [0, 0.05) is 13.6 Å². The minimum atomic E-state index is -0.283. The minimum Gasteiger partial charge on any atom is -0.486 e. The number of carbonyl (C=O) groups is 1. The van der Waals surface area contributed by atoms with Crippen LogP contribution in [0.5, 0.6) is 11.5 Å². The first-order valence-corrected chi connectivity index (χ1v) is 10.1. The van der Waals surface area contributed by atoms with Gasteiger partial charge in [-0.3, -0.25) is 4.79 Å². The van der Waals surface area contributed by atoms with Crippen LogP contribution in [-0.2, 0) is 11.3 Å². The SMILES string of the molecule is CN(Cc1ccc2c(c1)OCCO2)C(=O)CSc1ncc(-c2ccc(F)cc2)[nH]1. The maximum atomic E-state index is 13.0. The molecule has 4 rings (SSSR count). The van der Waals surface area contributed by atoms with Crippen molar-refractivity contribution in [2.75, 3.05) is 26.0 Å². The van der Waals surface area contributed by atoms with Crippen molar-refractivity contribution in [1.29, 1.82) is 0 Å². The zero-order chi connectivity index (χ0) is 20.2. The Kier molecular flexibility index (Phi) is 5.71. The van der Waals surface area contributed by atoms with Crippen LogP contribution in [0.2, 0.25) is 0 Å². The van der Waals surface area contributed by atoms with Gasteiger partial charge in [-0.05, 0) is 47.5 Å². The van der Waals surface area contributed by atoms with E-state index in [1.165, 1.54) is 23.9 Å². The number of benzene rings is 2. The van der Waals surface area contributed by atoms with Gasteiger partial charge in [-0.25, -0.2) is 9.37 Å². The van der Waals surface area contributed by atoms with E-state index in [1.807, 2.05) is 18.2 Å². The van der Waals surface area contributed by atoms with Gasteiger partial charge in [-0.1, -0.05) is 17.8 Å². The van der Waals surface area contributed by atoms with E-state index < -0.39 is 0 Å². The third-order valence-electron chi connectivity index (χ3n) is 4.49. The lowest BCUT2D eigenvalue weighted by atomic mass is 10.2. The summed E-state index contributed by atoms with van der Waals surface area (Å²) in [6.45, 7) is 1.57. The van der Waals surface area contributed by atoms with Crippen molar-refractivity contribution in [3.05, 3.63) is 60.0 Å². The number of aromatic nitrogens is 2. The van der Waals surface area contributed by atoms with Crippen molar-refractivity contribution in [3.8, 4) is 22.8 Å². The first-order valence-electron chi connectivity index (χ1n) is 9.15. The van der Waals surface area contributed by atoms with Gasteiger partial charge in [0.25, 0.3) is 0 Å². The zero-order valence-corrected chi connectivity index (χ0v) is 16.7. The molecule has 6 nitrogen and oxygen atoms in total. The number of nitrogens with one attached hydrogen (secondary N) is 1. The number of hydrogen-bond donors (Lipinski definition) is 1. The Hall–Kier alpha value is -3.00. The molecule has 0 saturated carbocycles. The van der Waals surface area contributed by atoms with Crippen LogP contribution < -0.4 is 9.47 Å². The highest BCUT2D eigenvalue weighted by atomic mass is 32.2. The van der Waals surface area contributed by atoms with E-state index in [0.29, 0.717) is 30.7 Å². The Bertz CT molecular complexity index is 1010. The Labute approximate surface area is 172 Å². The molecule has 0 saturated heterocycles. The molecule has 0 radical (unpaired) electrons. The topological polar surface area (TPSA) is 67.5 Å². The second-order valence-electron chi connectivity index (χ2n) is 6.63. The lowest BCUT2D eigenvalue weighted by molar-refractivity contribution is -0.127. The molecule has 0 bridgehead atoms. The van der Waals surface area contributed by atoms with Crippen molar-refractivity contribution in [3.63, 3.8) is 0 Å². The molecule has 1 aliphatic heterocycles. The summed E-state index contributed by atoms with van der Waals surface area (Å²) in [5, 5.41) is 0.644. The number of carbonyl (C=O) groups excluding carboxylic acids is 1. The largest absolute Gasteiger partial charge is 0.486 e. The van der Waals surface area contributed by atoms with Crippen LogP contribution in [0, 0.1) is 5.82 Å². The molecule has 0 unspecified atom stereocenters. The fourth-order valence-electron chi connectivity index (χ4n) is 2.94. The van der Waals surface area contributed by atoms with Crippen molar-refractivity contribution in [2.45, 2.75) is 11.7 Å². The molecular weight excluding hydrogens is 393 g/mol. The molecule has 0 aliphatic carbocycles. The quantitative estimate of drug-likeness (QED) is 0.624. The summed E-state index contributed by atoms with van der Waals surface area (Å²) in [6, 6.07) is 11.9. The predicted molar refractivity (Wildman–Crippen MR) is 109 cm³/mol. The van der Waals surface area contributed by atoms with Crippen LogP contribution in [0.15, 0.2) is 53.8 Å². The highest BCUT2D eigenvalue weighted by Gasteiger charge is 2.15. The van der Waals surface area contributed by atoms with Crippen molar-refractivity contribution < 1.29 is 18.7 Å². The number of thioether (sulfide) groups is 1. The minimum absolute atomic E-state index is 0.00961. The normalized spacial score (nSPS) is 12.6. The molecule has 150 valence electrons. The summed E-state index contributed by atoms with van der Waals surface area (Å²) < 4.78 is 24.2. The van der Waals surface area contributed by atoms with Crippen molar-refractivity contribution in [1.82, 2.24) is 14.9 Å². The van der Waals surface area contributed by atoms with E-state index in [0.717, 1.165) is 22.6 Å². The lowest BCUT2D eigenvalue weighted by Crippen LogP contribution is -2.28. The van der Waals surface area contributed by atoms with E-state index in [9.17, 15) is 9.18 Å². The maximum absolute atomic E-state index is 13.0. The second kappa shape index (κ2) is 8.57. The van der Waals surface area contributed by atoms with E-state index in [-0.39, 0.29) is 17.5 Å². The van der Waals surface area contributed by atoms with Crippen LogP contribution in [0.1, 0.15) is 5.56 Å². The Morgan fingerprint density at radius 2 is 1.93 bits per heavy atom. The third kappa shape index (κ3) is 4.71. The van der Waals surface area contributed by atoms with Crippen LogP contribution >= 0.6 is 11.8 Å². The number of imidazole rings is 1. The number of fused-ring (bicyclic) bond motifs is 1. The zero-order valence-electron chi connectivity index (χ0n) is 15.9. The number of nitrogens with zero attached hydrogens (tertiary/aromatic N) is 2. The van der Waals surface area contributed by atoms with Gasteiger partial charge in [0.15, 0.2) is 16.7 Å². The monoisotopic (exact) mass is 413 g/mol. The van der Waals surface area contributed by atoms with Crippen LogP contribution in [0.25, 0.3) is 11.3 Å². The number of rotatable bonds is 6. The highest BCUT2D eigenvalue weighted by Crippen LogP contribution is 2.31. The van der Waals surface area contributed by atoms with Crippen LogP contribution in [0.3, 0.4) is 0 Å². The highest BCUT2D eigenvalue weighted by molar-refractivity contribution is 7.99. The molecule has 1 aromatic heterocycles. The molecule has 3 aromatic rings. The number of H-pyrrole nitrogens is 1. The predicted octanol–water partition coefficient (Wildman–Crippen LogP) is 3.74. The van der Waals surface area contributed by atoms with Gasteiger partial charge in [0.2, 0.25) is 5.91 Å². The molecule has 2 heterocycles. The van der Waals surface area contributed by atoms with Crippen LogP contribution in [0.4, 0.5) is 4.39 Å². The summed E-state index contributed by atoms with van der Waals surface area (Å²) >= 11 is 1.33. The smallest absolute Gasteiger partial charge is 0.233 e. The van der Waals surface area contributed by atoms with Crippen molar-refractivity contribution >= 4 is 17.7 Å². The summed E-state index contributed by atoms with van der Waals surface area (Å²) in [6.07, 6.45) is 1.68. The lowest BCUT2D eigenvalue weighted by Gasteiger charge is -2.21. The second-order valence-corrected chi connectivity index (χ2v) is 7.59. The van der Waals surface area contributed by atoms with Gasteiger partial charge in [-0.2, -0.15) is 0 Å². The molecule has 0 fully saturated rings. The molecule has 8 heteroatoms. The number of ether oxygens (including phenoxy) is 2. The van der Waals surface area contributed by atoms with Gasteiger partial charge < -0.3 is 19.4 Å². The Morgan fingerprint density at radius 3 is 2.72 bits per heavy atom. The molecular formula is C21H20FN3O3S. The Morgan fingerprint density at radius 1 is 1.17 bits per heavy atom. The number of halogens is 1. The van der Waals surface area contributed by atoms with Crippen molar-refractivity contribution in [2.24, 2.45) is 0 Å². The number of hydrogen-bond acceptors (Lipinski definition) is 5. The van der Waals surface area contributed by atoms with E-state index in [4.69, 9.17) is 9.47 Å². The first kappa shape index (κ1) is 19.3. The number of amides is 1. The van der Waals surface area contributed by atoms with Gasteiger partial charge in [0.1, 0.15) is 19.0 Å². The van der Waals surface area contributed by atoms with E-state index in [1.54, 1.807) is 30.3 Å². The first-order chi connectivity index (χ1) is 14.1.